The lowest BCUT2D eigenvalue weighted by atomic mass is 9.49. The Morgan fingerprint density at radius 1 is 1.00 bits per heavy atom. The van der Waals surface area contributed by atoms with Gasteiger partial charge in [0.2, 0.25) is 11.9 Å². The SMILES string of the molecule is O=C(CC12CC3CC(CC(C3)C1)C2)NCC(=O)NNc1ncccn1. The number of rotatable bonds is 6. The van der Waals surface area contributed by atoms with E-state index >= 15 is 0 Å². The second-order valence-corrected chi connectivity index (χ2v) is 8.12. The number of amides is 2. The average Bonchev–Trinajstić information content (AvgIpc) is 2.57. The molecule has 0 aromatic carbocycles. The van der Waals surface area contributed by atoms with Crippen LogP contribution in [0.3, 0.4) is 0 Å². The van der Waals surface area contributed by atoms with Crippen LogP contribution in [-0.2, 0) is 9.59 Å². The molecule has 4 aliphatic carbocycles. The Morgan fingerprint density at radius 2 is 1.60 bits per heavy atom. The first-order chi connectivity index (χ1) is 12.1. The molecule has 4 saturated carbocycles. The van der Waals surface area contributed by atoms with Gasteiger partial charge in [0.05, 0.1) is 6.54 Å². The molecule has 1 heterocycles. The Bertz CT molecular complexity index is 613. The van der Waals surface area contributed by atoms with Gasteiger partial charge in [-0.05, 0) is 67.8 Å². The fourth-order valence-electron chi connectivity index (χ4n) is 5.62. The van der Waals surface area contributed by atoms with E-state index in [-0.39, 0.29) is 23.8 Å². The molecule has 7 heteroatoms. The topological polar surface area (TPSA) is 96.0 Å². The van der Waals surface area contributed by atoms with Gasteiger partial charge in [-0.15, -0.1) is 0 Å². The van der Waals surface area contributed by atoms with Crippen LogP contribution in [0.1, 0.15) is 44.9 Å². The lowest BCUT2D eigenvalue weighted by Gasteiger charge is -2.56. The molecule has 1 aromatic heterocycles. The van der Waals surface area contributed by atoms with E-state index < -0.39 is 0 Å². The third kappa shape index (κ3) is 3.75. The molecule has 0 radical (unpaired) electrons. The number of carbonyl (C=O) groups is 2. The smallest absolute Gasteiger partial charge is 0.257 e. The van der Waals surface area contributed by atoms with Crippen molar-refractivity contribution in [3.63, 3.8) is 0 Å². The summed E-state index contributed by atoms with van der Waals surface area (Å²) in [6.07, 6.45) is 11.4. The Balaban J connectivity index is 1.22. The first-order valence-corrected chi connectivity index (χ1v) is 9.19. The van der Waals surface area contributed by atoms with Crippen LogP contribution < -0.4 is 16.2 Å². The number of hydrogen-bond donors (Lipinski definition) is 3. The summed E-state index contributed by atoms with van der Waals surface area (Å²) < 4.78 is 0. The summed E-state index contributed by atoms with van der Waals surface area (Å²) in [5.41, 5.74) is 5.31. The maximum Gasteiger partial charge on any atom is 0.257 e. The zero-order valence-electron chi connectivity index (χ0n) is 14.3. The van der Waals surface area contributed by atoms with Crippen LogP contribution >= 0.6 is 0 Å². The lowest BCUT2D eigenvalue weighted by molar-refractivity contribution is -0.131. The van der Waals surface area contributed by atoms with Gasteiger partial charge >= 0.3 is 0 Å². The van der Waals surface area contributed by atoms with Gasteiger partial charge in [0.15, 0.2) is 0 Å². The summed E-state index contributed by atoms with van der Waals surface area (Å²) in [4.78, 5) is 32.1. The molecule has 0 atom stereocenters. The molecule has 3 N–H and O–H groups in total. The second kappa shape index (κ2) is 6.61. The molecule has 1 aromatic rings. The molecule has 134 valence electrons. The fourth-order valence-corrected chi connectivity index (χ4v) is 5.62. The summed E-state index contributed by atoms with van der Waals surface area (Å²) >= 11 is 0. The predicted molar refractivity (Wildman–Crippen MR) is 92.0 cm³/mol. The van der Waals surface area contributed by atoms with Gasteiger partial charge in [-0.25, -0.2) is 9.97 Å². The van der Waals surface area contributed by atoms with Gasteiger partial charge in [0.25, 0.3) is 5.91 Å². The van der Waals surface area contributed by atoms with Crippen LogP contribution in [0, 0.1) is 23.2 Å². The van der Waals surface area contributed by atoms with E-state index in [9.17, 15) is 9.59 Å². The van der Waals surface area contributed by atoms with Crippen molar-refractivity contribution in [1.29, 1.82) is 0 Å². The third-order valence-electron chi connectivity index (χ3n) is 6.03. The first-order valence-electron chi connectivity index (χ1n) is 9.19. The minimum absolute atomic E-state index is 0.00642. The quantitative estimate of drug-likeness (QED) is 0.683. The van der Waals surface area contributed by atoms with Crippen molar-refractivity contribution < 1.29 is 9.59 Å². The Morgan fingerprint density at radius 3 is 2.20 bits per heavy atom. The molecule has 4 fully saturated rings. The van der Waals surface area contributed by atoms with Crippen molar-refractivity contribution in [3.05, 3.63) is 18.5 Å². The molecular formula is C18H25N5O2. The van der Waals surface area contributed by atoms with E-state index in [2.05, 4.69) is 26.1 Å². The number of nitrogens with zero attached hydrogens (tertiary/aromatic N) is 2. The molecule has 5 rings (SSSR count). The zero-order valence-corrected chi connectivity index (χ0v) is 14.3. The molecule has 0 aliphatic heterocycles. The molecule has 0 saturated heterocycles. The Labute approximate surface area is 147 Å². The zero-order chi connectivity index (χ0) is 17.3. The third-order valence-corrected chi connectivity index (χ3v) is 6.03. The predicted octanol–water partition coefficient (Wildman–Crippen LogP) is 1.64. The van der Waals surface area contributed by atoms with Gasteiger partial charge < -0.3 is 5.32 Å². The normalized spacial score (nSPS) is 32.2. The Kier molecular flexibility index (Phi) is 4.31. The van der Waals surface area contributed by atoms with E-state index in [4.69, 9.17) is 0 Å². The van der Waals surface area contributed by atoms with Gasteiger partial charge in [-0.1, -0.05) is 0 Å². The number of nitrogens with one attached hydrogen (secondary N) is 3. The van der Waals surface area contributed by atoms with Gasteiger partial charge in [0.1, 0.15) is 0 Å². The summed E-state index contributed by atoms with van der Waals surface area (Å²) in [7, 11) is 0. The van der Waals surface area contributed by atoms with Crippen molar-refractivity contribution in [2.24, 2.45) is 23.2 Å². The maximum atomic E-state index is 12.4. The molecule has 4 aliphatic rings. The molecule has 2 amide bonds. The highest BCUT2D eigenvalue weighted by Gasteiger charge is 2.51. The van der Waals surface area contributed by atoms with Crippen LogP contribution in [-0.4, -0.2) is 28.3 Å². The van der Waals surface area contributed by atoms with Crippen molar-refractivity contribution in [2.75, 3.05) is 12.0 Å². The largest absolute Gasteiger partial charge is 0.347 e. The monoisotopic (exact) mass is 343 g/mol. The van der Waals surface area contributed by atoms with Crippen molar-refractivity contribution >= 4 is 17.8 Å². The van der Waals surface area contributed by atoms with Gasteiger partial charge in [0, 0.05) is 18.8 Å². The highest BCUT2D eigenvalue weighted by Crippen LogP contribution is 2.61. The maximum absolute atomic E-state index is 12.4. The van der Waals surface area contributed by atoms with E-state index in [1.165, 1.54) is 38.5 Å². The van der Waals surface area contributed by atoms with Crippen LogP contribution in [0.5, 0.6) is 0 Å². The van der Waals surface area contributed by atoms with Gasteiger partial charge in [-0.3, -0.25) is 20.4 Å². The van der Waals surface area contributed by atoms with Crippen LogP contribution in [0.4, 0.5) is 5.95 Å². The second-order valence-electron chi connectivity index (χ2n) is 8.12. The first kappa shape index (κ1) is 16.3. The average molecular weight is 343 g/mol. The van der Waals surface area contributed by atoms with E-state index in [1.54, 1.807) is 18.5 Å². The van der Waals surface area contributed by atoms with Gasteiger partial charge in [-0.2, -0.15) is 0 Å². The summed E-state index contributed by atoms with van der Waals surface area (Å²) in [5, 5.41) is 2.76. The van der Waals surface area contributed by atoms with E-state index in [0.29, 0.717) is 12.4 Å². The summed E-state index contributed by atoms with van der Waals surface area (Å²) in [6, 6.07) is 1.69. The minimum Gasteiger partial charge on any atom is -0.347 e. The fraction of sp³-hybridized carbons (Fsp3) is 0.667. The Hall–Kier alpha value is -2.18. The minimum atomic E-state index is -0.314. The summed E-state index contributed by atoms with van der Waals surface area (Å²) in [6.45, 7) is -0.0367. The van der Waals surface area contributed by atoms with Crippen molar-refractivity contribution in [2.45, 2.75) is 44.9 Å². The standard InChI is InChI=1S/C18H25N5O2/c24-15(21-11-16(25)22-23-17-19-2-1-3-20-17)10-18-7-12-4-13(8-18)6-14(5-12)9-18/h1-3,12-14H,4-11H2,(H,21,24)(H,22,25)(H,19,20,23). The molecule has 0 spiro atoms. The molecular weight excluding hydrogens is 318 g/mol. The van der Waals surface area contributed by atoms with E-state index in [0.717, 1.165) is 17.8 Å². The number of carbonyl (C=O) groups excluding carboxylic acids is 2. The number of hydrogen-bond acceptors (Lipinski definition) is 5. The number of anilines is 1. The summed E-state index contributed by atoms with van der Waals surface area (Å²) in [5.74, 6) is 2.49. The van der Waals surface area contributed by atoms with Crippen LogP contribution in [0.25, 0.3) is 0 Å². The molecule has 4 bridgehead atoms. The molecule has 7 nitrogen and oxygen atoms in total. The highest BCUT2D eigenvalue weighted by molar-refractivity contribution is 5.85. The highest BCUT2D eigenvalue weighted by atomic mass is 16.2. The molecule has 25 heavy (non-hydrogen) atoms. The molecule has 0 unspecified atom stereocenters. The lowest BCUT2D eigenvalue weighted by Crippen LogP contribution is -2.48. The number of aromatic nitrogens is 2. The van der Waals surface area contributed by atoms with Crippen molar-refractivity contribution in [1.82, 2.24) is 20.7 Å². The van der Waals surface area contributed by atoms with E-state index in [1.807, 2.05) is 0 Å². The van der Waals surface area contributed by atoms with Crippen LogP contribution in [0.15, 0.2) is 18.5 Å². The van der Waals surface area contributed by atoms with Crippen molar-refractivity contribution in [3.8, 4) is 0 Å². The van der Waals surface area contributed by atoms with Crippen LogP contribution in [0.2, 0.25) is 0 Å². The number of hydrazine groups is 1.